The van der Waals surface area contributed by atoms with Gasteiger partial charge in [0.1, 0.15) is 6.04 Å². The molecule has 6 nitrogen and oxygen atoms in total. The Hall–Kier alpha value is -2.37. The number of nitrogens with zero attached hydrogens (tertiary/aromatic N) is 1. The molecule has 0 bridgehead atoms. The van der Waals surface area contributed by atoms with Crippen LogP contribution in [0.2, 0.25) is 0 Å². The lowest BCUT2D eigenvalue weighted by atomic mass is 9.90. The number of benzene rings is 1. The molecular formula is C17H22N2O4. The first-order chi connectivity index (χ1) is 10.9. The molecule has 23 heavy (non-hydrogen) atoms. The zero-order valence-electron chi connectivity index (χ0n) is 13.4. The number of carbonyl (C=O) groups is 3. The Balaban J connectivity index is 2.19. The van der Waals surface area contributed by atoms with Crippen molar-refractivity contribution >= 4 is 17.8 Å². The minimum Gasteiger partial charge on any atom is -0.480 e. The number of amides is 2. The molecule has 6 heteroatoms. The lowest BCUT2D eigenvalue weighted by molar-refractivity contribution is -0.142. The van der Waals surface area contributed by atoms with Gasteiger partial charge in [0.05, 0.1) is 12.5 Å². The first-order valence-electron chi connectivity index (χ1n) is 7.81. The van der Waals surface area contributed by atoms with Gasteiger partial charge in [-0.1, -0.05) is 31.2 Å². The molecule has 1 aliphatic heterocycles. The van der Waals surface area contributed by atoms with Crippen molar-refractivity contribution in [2.24, 2.45) is 0 Å². The zero-order chi connectivity index (χ0) is 17.0. The number of hydrogen-bond acceptors (Lipinski definition) is 3. The van der Waals surface area contributed by atoms with Crippen molar-refractivity contribution < 1.29 is 19.5 Å². The second kappa shape index (κ2) is 7.26. The molecule has 124 valence electrons. The molecule has 1 heterocycles. The Morgan fingerprint density at radius 3 is 2.65 bits per heavy atom. The van der Waals surface area contributed by atoms with E-state index in [1.807, 2.05) is 24.3 Å². The lowest BCUT2D eigenvalue weighted by Gasteiger charge is -2.36. The fraction of sp³-hybridized carbons (Fsp3) is 0.471. The van der Waals surface area contributed by atoms with Gasteiger partial charge in [-0.25, -0.2) is 4.79 Å². The third-order valence-corrected chi connectivity index (χ3v) is 4.24. The molecule has 0 spiro atoms. The number of aliphatic carboxylic acids is 1. The Labute approximate surface area is 135 Å². The second-order valence-corrected chi connectivity index (χ2v) is 5.75. The number of fused-ring (bicyclic) bond motifs is 1. The van der Waals surface area contributed by atoms with E-state index in [-0.39, 0.29) is 24.3 Å². The van der Waals surface area contributed by atoms with Crippen molar-refractivity contribution in [2.75, 3.05) is 6.54 Å². The van der Waals surface area contributed by atoms with Gasteiger partial charge in [-0.3, -0.25) is 9.59 Å². The van der Waals surface area contributed by atoms with Crippen LogP contribution < -0.4 is 5.32 Å². The van der Waals surface area contributed by atoms with Crippen LogP contribution >= 0.6 is 0 Å². The fourth-order valence-electron chi connectivity index (χ4n) is 3.02. The monoisotopic (exact) mass is 318 g/mol. The van der Waals surface area contributed by atoms with Gasteiger partial charge in [0.25, 0.3) is 0 Å². The lowest BCUT2D eigenvalue weighted by Crippen LogP contribution is -2.44. The summed E-state index contributed by atoms with van der Waals surface area (Å²) in [5.74, 6) is -1.48. The minimum absolute atomic E-state index is 0.0698. The summed E-state index contributed by atoms with van der Waals surface area (Å²) < 4.78 is 0. The van der Waals surface area contributed by atoms with Gasteiger partial charge >= 0.3 is 5.97 Å². The van der Waals surface area contributed by atoms with E-state index in [0.717, 1.165) is 17.5 Å². The average Bonchev–Trinajstić information content (AvgIpc) is 2.52. The quantitative estimate of drug-likeness (QED) is 0.861. The maximum absolute atomic E-state index is 12.3. The third kappa shape index (κ3) is 3.88. The first-order valence-corrected chi connectivity index (χ1v) is 7.81. The zero-order valence-corrected chi connectivity index (χ0v) is 13.4. The summed E-state index contributed by atoms with van der Waals surface area (Å²) in [6.07, 6.45) is 1.15. The van der Waals surface area contributed by atoms with E-state index in [0.29, 0.717) is 13.0 Å². The van der Waals surface area contributed by atoms with E-state index >= 15 is 0 Å². The Kier molecular flexibility index (Phi) is 5.36. The van der Waals surface area contributed by atoms with Gasteiger partial charge < -0.3 is 15.3 Å². The highest BCUT2D eigenvalue weighted by molar-refractivity contribution is 5.84. The molecule has 1 aliphatic rings. The summed E-state index contributed by atoms with van der Waals surface area (Å²) in [4.78, 5) is 36.9. The van der Waals surface area contributed by atoms with Crippen LogP contribution in [0.1, 0.15) is 43.9 Å². The number of nitrogens with one attached hydrogen (secondary N) is 1. The summed E-state index contributed by atoms with van der Waals surface area (Å²) >= 11 is 0. The molecule has 0 saturated heterocycles. The van der Waals surface area contributed by atoms with Crippen LogP contribution in [-0.4, -0.2) is 40.4 Å². The van der Waals surface area contributed by atoms with Gasteiger partial charge in [0.2, 0.25) is 11.8 Å². The third-order valence-electron chi connectivity index (χ3n) is 4.24. The molecule has 0 aliphatic carbocycles. The van der Waals surface area contributed by atoms with Crippen molar-refractivity contribution in [3.05, 3.63) is 35.4 Å². The van der Waals surface area contributed by atoms with Crippen molar-refractivity contribution in [3.63, 3.8) is 0 Å². The van der Waals surface area contributed by atoms with Gasteiger partial charge in [-0.2, -0.15) is 0 Å². The molecule has 1 aromatic rings. The highest BCUT2D eigenvalue weighted by Gasteiger charge is 2.31. The summed E-state index contributed by atoms with van der Waals surface area (Å²) in [5, 5.41) is 11.6. The van der Waals surface area contributed by atoms with Crippen LogP contribution in [-0.2, 0) is 20.8 Å². The van der Waals surface area contributed by atoms with Crippen LogP contribution in [0.25, 0.3) is 0 Å². The first kappa shape index (κ1) is 17.0. The molecule has 2 N–H and O–H groups in total. The number of carboxylic acid groups (broad SMARTS) is 1. The predicted octanol–water partition coefficient (Wildman–Crippen LogP) is 1.50. The Morgan fingerprint density at radius 1 is 1.35 bits per heavy atom. The molecule has 2 rings (SSSR count). The van der Waals surface area contributed by atoms with Crippen molar-refractivity contribution in [2.45, 2.75) is 45.2 Å². The molecule has 0 saturated carbocycles. The van der Waals surface area contributed by atoms with Gasteiger partial charge in [-0.05, 0) is 24.0 Å². The maximum Gasteiger partial charge on any atom is 0.326 e. The van der Waals surface area contributed by atoms with E-state index in [2.05, 4.69) is 5.32 Å². The van der Waals surface area contributed by atoms with E-state index in [9.17, 15) is 14.4 Å². The molecule has 0 radical (unpaired) electrons. The molecule has 0 aromatic heterocycles. The topological polar surface area (TPSA) is 86.7 Å². The molecular weight excluding hydrogens is 296 g/mol. The number of carboxylic acids is 1. The Bertz CT molecular complexity index is 614. The van der Waals surface area contributed by atoms with Crippen LogP contribution in [0.5, 0.6) is 0 Å². The summed E-state index contributed by atoms with van der Waals surface area (Å²) in [6.45, 7) is 3.77. The molecule has 2 atom stereocenters. The van der Waals surface area contributed by atoms with Crippen LogP contribution in [0, 0.1) is 0 Å². The fourth-order valence-corrected chi connectivity index (χ4v) is 3.02. The summed E-state index contributed by atoms with van der Waals surface area (Å²) in [6, 6.07) is 6.52. The SMILES string of the molecule is CC[C@@H](NC(=O)C[C@H]1c2ccccc2CCN1C(C)=O)C(=O)O. The number of rotatable bonds is 5. The summed E-state index contributed by atoms with van der Waals surface area (Å²) in [7, 11) is 0. The smallest absolute Gasteiger partial charge is 0.326 e. The van der Waals surface area contributed by atoms with E-state index in [4.69, 9.17) is 5.11 Å². The maximum atomic E-state index is 12.3. The highest BCUT2D eigenvalue weighted by Crippen LogP contribution is 2.32. The number of hydrogen-bond donors (Lipinski definition) is 2. The van der Waals surface area contributed by atoms with Crippen LogP contribution in [0.4, 0.5) is 0 Å². The normalized spacial score (nSPS) is 18.0. The van der Waals surface area contributed by atoms with E-state index in [1.165, 1.54) is 6.92 Å². The highest BCUT2D eigenvalue weighted by atomic mass is 16.4. The molecule has 0 fully saturated rings. The van der Waals surface area contributed by atoms with Crippen molar-refractivity contribution in [1.29, 1.82) is 0 Å². The largest absolute Gasteiger partial charge is 0.480 e. The number of carbonyl (C=O) groups excluding carboxylic acids is 2. The molecule has 2 amide bonds. The van der Waals surface area contributed by atoms with Gasteiger partial charge in [-0.15, -0.1) is 0 Å². The van der Waals surface area contributed by atoms with E-state index in [1.54, 1.807) is 11.8 Å². The van der Waals surface area contributed by atoms with Crippen LogP contribution in [0.15, 0.2) is 24.3 Å². The Morgan fingerprint density at radius 2 is 2.04 bits per heavy atom. The van der Waals surface area contributed by atoms with Gasteiger partial charge in [0.15, 0.2) is 0 Å². The van der Waals surface area contributed by atoms with Crippen LogP contribution in [0.3, 0.4) is 0 Å². The minimum atomic E-state index is -1.05. The van der Waals surface area contributed by atoms with Gasteiger partial charge in [0, 0.05) is 13.5 Å². The molecule has 1 aromatic carbocycles. The second-order valence-electron chi connectivity index (χ2n) is 5.75. The predicted molar refractivity (Wildman–Crippen MR) is 84.7 cm³/mol. The molecule has 0 unspecified atom stereocenters. The standard InChI is InChI=1S/C17H22N2O4/c1-3-14(17(22)23)18-16(21)10-15-13-7-5-4-6-12(13)8-9-19(15)11(2)20/h4-7,14-15H,3,8-10H2,1-2H3,(H,18,21)(H,22,23)/t14-,15+/m1/s1. The van der Waals surface area contributed by atoms with E-state index < -0.39 is 12.0 Å². The van der Waals surface area contributed by atoms with Crippen molar-refractivity contribution in [1.82, 2.24) is 10.2 Å². The summed E-state index contributed by atoms with van der Waals surface area (Å²) in [5.41, 5.74) is 2.10. The average molecular weight is 318 g/mol. The van der Waals surface area contributed by atoms with Crippen molar-refractivity contribution in [3.8, 4) is 0 Å².